The van der Waals surface area contributed by atoms with Gasteiger partial charge in [-0.2, -0.15) is 0 Å². The van der Waals surface area contributed by atoms with Crippen LogP contribution >= 0.6 is 11.6 Å². The van der Waals surface area contributed by atoms with Crippen LogP contribution in [0.2, 0.25) is 5.02 Å². The summed E-state index contributed by atoms with van der Waals surface area (Å²) in [6, 6.07) is 6.17. The molecule has 1 heterocycles. The van der Waals surface area contributed by atoms with E-state index in [1.165, 1.54) is 18.4 Å². The molecule has 0 bridgehead atoms. The summed E-state index contributed by atoms with van der Waals surface area (Å²) in [6.07, 6.45) is 4.10. The van der Waals surface area contributed by atoms with Gasteiger partial charge in [-0.05, 0) is 68.9 Å². The highest BCUT2D eigenvalue weighted by atomic mass is 35.5. The first-order chi connectivity index (χ1) is 8.58. The van der Waals surface area contributed by atoms with Crippen molar-refractivity contribution in [1.29, 1.82) is 0 Å². The SMILES string of the molecule is CN1CCC(c2ccc(C3(O)CC3)cc2Cl)CC1. The molecule has 1 saturated heterocycles. The van der Waals surface area contributed by atoms with E-state index in [0.717, 1.165) is 36.5 Å². The lowest BCUT2D eigenvalue weighted by Gasteiger charge is -2.30. The summed E-state index contributed by atoms with van der Waals surface area (Å²) in [6.45, 7) is 2.29. The maximum Gasteiger partial charge on any atom is 0.0899 e. The van der Waals surface area contributed by atoms with E-state index < -0.39 is 5.60 Å². The molecule has 2 fully saturated rings. The zero-order chi connectivity index (χ0) is 12.8. The zero-order valence-electron chi connectivity index (χ0n) is 10.8. The minimum atomic E-state index is -0.574. The van der Waals surface area contributed by atoms with Gasteiger partial charge < -0.3 is 10.0 Å². The number of nitrogens with zero attached hydrogens (tertiary/aromatic N) is 1. The van der Waals surface area contributed by atoms with Crippen LogP contribution in [0.3, 0.4) is 0 Å². The van der Waals surface area contributed by atoms with E-state index in [4.69, 9.17) is 11.6 Å². The summed E-state index contributed by atoms with van der Waals surface area (Å²) in [7, 11) is 2.17. The predicted molar refractivity (Wildman–Crippen MR) is 74.1 cm³/mol. The van der Waals surface area contributed by atoms with Gasteiger partial charge in [0, 0.05) is 5.02 Å². The number of rotatable bonds is 2. The molecule has 1 saturated carbocycles. The van der Waals surface area contributed by atoms with Crippen LogP contribution in [-0.4, -0.2) is 30.1 Å². The number of aliphatic hydroxyl groups is 1. The third-order valence-corrected chi connectivity index (χ3v) is 4.75. The highest BCUT2D eigenvalue weighted by molar-refractivity contribution is 6.31. The fourth-order valence-electron chi connectivity index (χ4n) is 2.87. The van der Waals surface area contributed by atoms with E-state index in [1.54, 1.807) is 0 Å². The Morgan fingerprint density at radius 2 is 1.94 bits per heavy atom. The summed E-state index contributed by atoms with van der Waals surface area (Å²) < 4.78 is 0. The summed E-state index contributed by atoms with van der Waals surface area (Å²) in [5.41, 5.74) is 1.68. The van der Waals surface area contributed by atoms with E-state index in [2.05, 4.69) is 24.1 Å². The molecular formula is C15H20ClNO. The lowest BCUT2D eigenvalue weighted by atomic mass is 9.88. The minimum Gasteiger partial charge on any atom is -0.385 e. The van der Waals surface area contributed by atoms with Crippen molar-refractivity contribution < 1.29 is 5.11 Å². The Bertz CT molecular complexity index is 448. The number of hydrogen-bond donors (Lipinski definition) is 1. The lowest BCUT2D eigenvalue weighted by molar-refractivity contribution is 0.151. The molecule has 2 aliphatic rings. The highest BCUT2D eigenvalue weighted by Gasteiger charge is 2.42. The van der Waals surface area contributed by atoms with Gasteiger partial charge in [-0.15, -0.1) is 0 Å². The fraction of sp³-hybridized carbons (Fsp3) is 0.600. The Morgan fingerprint density at radius 3 is 2.50 bits per heavy atom. The van der Waals surface area contributed by atoms with Gasteiger partial charge in [0.2, 0.25) is 0 Å². The van der Waals surface area contributed by atoms with Crippen molar-refractivity contribution in [3.63, 3.8) is 0 Å². The first kappa shape index (κ1) is 12.5. The Hall–Kier alpha value is -0.570. The van der Waals surface area contributed by atoms with E-state index in [-0.39, 0.29) is 0 Å². The molecule has 0 unspecified atom stereocenters. The summed E-state index contributed by atoms with van der Waals surface area (Å²) in [5.74, 6) is 0.580. The maximum atomic E-state index is 10.1. The monoisotopic (exact) mass is 265 g/mol. The number of piperidine rings is 1. The smallest absolute Gasteiger partial charge is 0.0899 e. The molecule has 18 heavy (non-hydrogen) atoms. The molecule has 0 amide bonds. The van der Waals surface area contributed by atoms with Crippen molar-refractivity contribution >= 4 is 11.6 Å². The van der Waals surface area contributed by atoms with Crippen LogP contribution in [0.5, 0.6) is 0 Å². The summed E-state index contributed by atoms with van der Waals surface area (Å²) >= 11 is 6.41. The largest absolute Gasteiger partial charge is 0.385 e. The normalized spacial score (nSPS) is 24.2. The van der Waals surface area contributed by atoms with Crippen molar-refractivity contribution in [2.75, 3.05) is 20.1 Å². The van der Waals surface area contributed by atoms with Crippen LogP contribution in [-0.2, 0) is 5.60 Å². The molecule has 1 aliphatic carbocycles. The second-order valence-corrected chi connectivity index (χ2v) is 6.25. The van der Waals surface area contributed by atoms with E-state index in [9.17, 15) is 5.11 Å². The Kier molecular flexibility index (Phi) is 3.13. The van der Waals surface area contributed by atoms with Gasteiger partial charge in [0.15, 0.2) is 0 Å². The zero-order valence-corrected chi connectivity index (χ0v) is 11.6. The number of halogens is 1. The van der Waals surface area contributed by atoms with Gasteiger partial charge >= 0.3 is 0 Å². The summed E-state index contributed by atoms with van der Waals surface area (Å²) in [5, 5.41) is 10.9. The third kappa shape index (κ3) is 2.29. The van der Waals surface area contributed by atoms with Crippen LogP contribution < -0.4 is 0 Å². The summed E-state index contributed by atoms with van der Waals surface area (Å²) in [4.78, 5) is 2.37. The quantitative estimate of drug-likeness (QED) is 0.888. The van der Waals surface area contributed by atoms with Crippen LogP contribution in [0.15, 0.2) is 18.2 Å². The molecule has 1 aromatic carbocycles. The molecule has 1 aliphatic heterocycles. The first-order valence-electron chi connectivity index (χ1n) is 6.79. The fourth-order valence-corrected chi connectivity index (χ4v) is 3.21. The van der Waals surface area contributed by atoms with Crippen molar-refractivity contribution in [1.82, 2.24) is 4.90 Å². The molecule has 1 N–H and O–H groups in total. The third-order valence-electron chi connectivity index (χ3n) is 4.42. The topological polar surface area (TPSA) is 23.5 Å². The van der Waals surface area contributed by atoms with E-state index in [1.807, 2.05) is 6.07 Å². The van der Waals surface area contributed by atoms with Crippen LogP contribution in [0.4, 0.5) is 0 Å². The van der Waals surface area contributed by atoms with Crippen LogP contribution in [0.25, 0.3) is 0 Å². The van der Waals surface area contributed by atoms with Crippen molar-refractivity contribution in [2.45, 2.75) is 37.2 Å². The van der Waals surface area contributed by atoms with Crippen LogP contribution in [0.1, 0.15) is 42.7 Å². The molecule has 0 atom stereocenters. The molecule has 0 aromatic heterocycles. The Labute approximate surface area is 114 Å². The van der Waals surface area contributed by atoms with Gasteiger partial charge in [0.25, 0.3) is 0 Å². The molecule has 0 spiro atoms. The van der Waals surface area contributed by atoms with Crippen molar-refractivity contribution in [3.05, 3.63) is 34.3 Å². The number of hydrogen-bond acceptors (Lipinski definition) is 2. The maximum absolute atomic E-state index is 10.1. The standard InChI is InChI=1S/C15H20ClNO/c1-17-8-4-11(5-9-17)13-3-2-12(10-14(13)16)15(18)6-7-15/h2-3,10-11,18H,4-9H2,1H3. The second kappa shape index (κ2) is 4.52. The molecule has 1 aromatic rings. The Balaban J connectivity index is 1.80. The van der Waals surface area contributed by atoms with Crippen molar-refractivity contribution in [2.24, 2.45) is 0 Å². The molecule has 0 radical (unpaired) electrons. The molecular weight excluding hydrogens is 246 g/mol. The lowest BCUT2D eigenvalue weighted by Crippen LogP contribution is -2.29. The molecule has 2 nitrogen and oxygen atoms in total. The molecule has 3 heteroatoms. The highest BCUT2D eigenvalue weighted by Crippen LogP contribution is 2.46. The Morgan fingerprint density at radius 1 is 1.28 bits per heavy atom. The first-order valence-corrected chi connectivity index (χ1v) is 7.17. The van der Waals surface area contributed by atoms with E-state index in [0.29, 0.717) is 5.92 Å². The van der Waals surface area contributed by atoms with Crippen molar-refractivity contribution in [3.8, 4) is 0 Å². The van der Waals surface area contributed by atoms with Gasteiger partial charge in [0.05, 0.1) is 5.60 Å². The minimum absolute atomic E-state index is 0.574. The number of likely N-dealkylation sites (tertiary alicyclic amines) is 1. The van der Waals surface area contributed by atoms with Gasteiger partial charge in [-0.1, -0.05) is 23.7 Å². The average molecular weight is 266 g/mol. The van der Waals surface area contributed by atoms with Gasteiger partial charge in [-0.3, -0.25) is 0 Å². The van der Waals surface area contributed by atoms with Gasteiger partial charge in [0.1, 0.15) is 0 Å². The second-order valence-electron chi connectivity index (χ2n) is 5.85. The average Bonchev–Trinajstić information content (AvgIpc) is 3.10. The van der Waals surface area contributed by atoms with Crippen LogP contribution in [0, 0.1) is 0 Å². The van der Waals surface area contributed by atoms with E-state index >= 15 is 0 Å². The molecule has 3 rings (SSSR count). The van der Waals surface area contributed by atoms with Gasteiger partial charge in [-0.25, -0.2) is 0 Å². The predicted octanol–water partition coefficient (Wildman–Crippen LogP) is 3.13. The molecule has 98 valence electrons. The number of benzene rings is 1.